The monoisotopic (exact) mass is 434 g/mol. The third-order valence-corrected chi connectivity index (χ3v) is 6.11. The minimum absolute atomic E-state index is 0.0301. The molecule has 10 nitrogen and oxygen atoms in total. The molecule has 0 saturated carbocycles. The van der Waals surface area contributed by atoms with Crippen LogP contribution in [0.2, 0.25) is 0 Å². The summed E-state index contributed by atoms with van der Waals surface area (Å²) in [4.78, 5) is 8.27. The summed E-state index contributed by atoms with van der Waals surface area (Å²) < 4.78 is 49.1. The number of aromatic nitrogens is 2. The summed E-state index contributed by atoms with van der Waals surface area (Å²) in [5.74, 6) is 0.803. The number of nitrogens with zero attached hydrogens (tertiary/aromatic N) is 2. The minimum atomic E-state index is -3.82. The zero-order valence-corrected chi connectivity index (χ0v) is 16.8. The Morgan fingerprint density at radius 2 is 1.31 bits per heavy atom. The Labute approximate surface area is 168 Å². The second-order valence-electron chi connectivity index (χ2n) is 5.85. The van der Waals surface area contributed by atoms with Crippen molar-refractivity contribution in [3.05, 3.63) is 60.9 Å². The van der Waals surface area contributed by atoms with E-state index in [9.17, 15) is 16.8 Å². The van der Waals surface area contributed by atoms with Crippen LogP contribution < -0.4 is 20.5 Å². The van der Waals surface area contributed by atoms with Crippen LogP contribution in [0.3, 0.4) is 0 Å². The van der Waals surface area contributed by atoms with Crippen molar-refractivity contribution in [3.8, 4) is 0 Å². The van der Waals surface area contributed by atoms with Crippen LogP contribution in [-0.4, -0.2) is 33.9 Å². The lowest BCUT2D eigenvalue weighted by atomic mass is 10.3. The van der Waals surface area contributed by atoms with Crippen molar-refractivity contribution in [2.45, 2.75) is 9.79 Å². The van der Waals surface area contributed by atoms with Gasteiger partial charge < -0.3 is 10.6 Å². The van der Waals surface area contributed by atoms with Gasteiger partial charge in [0.2, 0.25) is 20.0 Å². The molecule has 0 amide bonds. The third kappa shape index (κ3) is 5.26. The van der Waals surface area contributed by atoms with Crippen molar-refractivity contribution in [1.29, 1.82) is 0 Å². The Morgan fingerprint density at radius 3 is 1.83 bits per heavy atom. The minimum Gasteiger partial charge on any atom is -0.340 e. The van der Waals surface area contributed by atoms with Gasteiger partial charge in [0.15, 0.2) is 0 Å². The van der Waals surface area contributed by atoms with Gasteiger partial charge in [-0.2, -0.15) is 0 Å². The van der Waals surface area contributed by atoms with Crippen LogP contribution in [0, 0.1) is 0 Å². The summed E-state index contributed by atoms with van der Waals surface area (Å²) in [6.45, 7) is 0. The number of hydrogen-bond acceptors (Lipinski definition) is 8. The number of primary sulfonamides is 1. The molecule has 1 heterocycles. The molecular formula is C17H18N6O4S2. The molecule has 1 aromatic heterocycles. The fraction of sp³-hybridized carbons (Fsp3) is 0.0588. The van der Waals surface area contributed by atoms with Crippen molar-refractivity contribution < 1.29 is 16.8 Å². The van der Waals surface area contributed by atoms with Gasteiger partial charge >= 0.3 is 0 Å². The SMILES string of the molecule is CNS(=O)(=O)c1cccc(Nc2cc(Nc3cccc(S(N)(=O)=O)c3)ncn2)c1. The highest BCUT2D eigenvalue weighted by atomic mass is 32.2. The molecule has 0 spiro atoms. The fourth-order valence-electron chi connectivity index (χ4n) is 2.40. The molecule has 2 aromatic carbocycles. The lowest BCUT2D eigenvalue weighted by Crippen LogP contribution is -2.18. The average molecular weight is 435 g/mol. The molecule has 0 unspecified atom stereocenters. The van der Waals surface area contributed by atoms with E-state index in [0.29, 0.717) is 23.0 Å². The zero-order chi connectivity index (χ0) is 21.1. The Morgan fingerprint density at radius 1 is 0.793 bits per heavy atom. The Hall–Kier alpha value is -3.06. The first-order chi connectivity index (χ1) is 13.7. The molecule has 0 aliphatic heterocycles. The van der Waals surface area contributed by atoms with Crippen LogP contribution in [-0.2, 0) is 20.0 Å². The Kier molecular flexibility index (Phi) is 5.79. The van der Waals surface area contributed by atoms with E-state index >= 15 is 0 Å². The predicted molar refractivity (Wildman–Crippen MR) is 109 cm³/mol. The van der Waals surface area contributed by atoms with Gasteiger partial charge in [-0.15, -0.1) is 0 Å². The van der Waals surface area contributed by atoms with E-state index in [2.05, 4.69) is 25.3 Å². The van der Waals surface area contributed by atoms with Crippen LogP contribution in [0.4, 0.5) is 23.0 Å². The van der Waals surface area contributed by atoms with Crippen LogP contribution in [0.1, 0.15) is 0 Å². The maximum atomic E-state index is 11.9. The summed E-state index contributed by atoms with van der Waals surface area (Å²) in [6, 6.07) is 13.8. The van der Waals surface area contributed by atoms with Gasteiger partial charge in [-0.25, -0.2) is 36.7 Å². The number of rotatable bonds is 7. The van der Waals surface area contributed by atoms with Crippen molar-refractivity contribution >= 4 is 43.1 Å². The summed E-state index contributed by atoms with van der Waals surface area (Å²) in [7, 11) is -6.06. The highest BCUT2D eigenvalue weighted by molar-refractivity contribution is 7.89. The smallest absolute Gasteiger partial charge is 0.240 e. The molecule has 0 bridgehead atoms. The van der Waals surface area contributed by atoms with Crippen LogP contribution >= 0.6 is 0 Å². The van der Waals surface area contributed by atoms with E-state index in [1.54, 1.807) is 30.3 Å². The predicted octanol–water partition coefficient (Wildman–Crippen LogP) is 1.52. The summed E-state index contributed by atoms with van der Waals surface area (Å²) in [5.41, 5.74) is 0.991. The molecule has 3 aromatic rings. The molecule has 0 fully saturated rings. The molecule has 0 aliphatic rings. The molecule has 5 N–H and O–H groups in total. The molecule has 0 saturated heterocycles. The number of anilines is 4. The van der Waals surface area contributed by atoms with Crippen molar-refractivity contribution in [2.24, 2.45) is 5.14 Å². The number of nitrogens with two attached hydrogens (primary N) is 1. The highest BCUT2D eigenvalue weighted by Crippen LogP contribution is 2.22. The van der Waals surface area contributed by atoms with E-state index < -0.39 is 20.0 Å². The summed E-state index contributed by atoms with van der Waals surface area (Å²) in [5, 5.41) is 11.1. The topological polar surface area (TPSA) is 156 Å². The normalized spacial score (nSPS) is 11.8. The molecule has 0 radical (unpaired) electrons. The molecule has 29 heavy (non-hydrogen) atoms. The fourth-order valence-corrected chi connectivity index (χ4v) is 3.73. The van der Waals surface area contributed by atoms with Gasteiger partial charge in [0.1, 0.15) is 18.0 Å². The summed E-state index contributed by atoms with van der Waals surface area (Å²) in [6.07, 6.45) is 1.31. The number of nitrogens with one attached hydrogen (secondary N) is 3. The summed E-state index contributed by atoms with van der Waals surface area (Å²) >= 11 is 0. The van der Waals surface area contributed by atoms with Crippen LogP contribution in [0.15, 0.2) is 70.7 Å². The van der Waals surface area contributed by atoms with Gasteiger partial charge in [-0.3, -0.25) is 0 Å². The number of sulfonamides is 2. The lowest BCUT2D eigenvalue weighted by molar-refractivity contribution is 0.588. The van der Waals surface area contributed by atoms with E-state index in [4.69, 9.17) is 5.14 Å². The molecule has 0 atom stereocenters. The quantitative estimate of drug-likeness (QED) is 0.436. The van der Waals surface area contributed by atoms with E-state index in [0.717, 1.165) is 0 Å². The van der Waals surface area contributed by atoms with Gasteiger partial charge in [-0.1, -0.05) is 12.1 Å². The Balaban J connectivity index is 1.82. The molecule has 12 heteroatoms. The van der Waals surface area contributed by atoms with E-state index in [1.165, 1.54) is 37.6 Å². The van der Waals surface area contributed by atoms with Crippen LogP contribution in [0.25, 0.3) is 0 Å². The highest BCUT2D eigenvalue weighted by Gasteiger charge is 2.12. The van der Waals surface area contributed by atoms with Crippen molar-refractivity contribution in [3.63, 3.8) is 0 Å². The van der Waals surface area contributed by atoms with Gasteiger partial charge in [0.25, 0.3) is 0 Å². The maximum Gasteiger partial charge on any atom is 0.240 e. The second-order valence-corrected chi connectivity index (χ2v) is 9.29. The van der Waals surface area contributed by atoms with E-state index in [1.807, 2.05) is 0 Å². The molecular weight excluding hydrogens is 416 g/mol. The molecule has 0 aliphatic carbocycles. The number of benzene rings is 2. The van der Waals surface area contributed by atoms with Gasteiger partial charge in [0, 0.05) is 17.4 Å². The third-order valence-electron chi connectivity index (χ3n) is 3.79. The zero-order valence-electron chi connectivity index (χ0n) is 15.2. The average Bonchev–Trinajstić information content (AvgIpc) is 2.68. The first-order valence-electron chi connectivity index (χ1n) is 8.20. The van der Waals surface area contributed by atoms with Gasteiger partial charge in [0.05, 0.1) is 9.79 Å². The largest absolute Gasteiger partial charge is 0.340 e. The standard InChI is InChI=1S/C17H18N6O4S2/c1-19-29(26,27)15-7-3-5-13(9-15)23-17-10-16(20-11-21-17)22-12-4-2-6-14(8-12)28(18,24)25/h2-11,19H,1H3,(H2,18,24,25)(H2,20,21,22,23). The van der Waals surface area contributed by atoms with Crippen molar-refractivity contribution in [1.82, 2.24) is 14.7 Å². The lowest BCUT2D eigenvalue weighted by Gasteiger charge is -2.10. The van der Waals surface area contributed by atoms with E-state index in [-0.39, 0.29) is 9.79 Å². The second kappa shape index (κ2) is 8.13. The van der Waals surface area contributed by atoms with Gasteiger partial charge in [-0.05, 0) is 43.4 Å². The first-order valence-corrected chi connectivity index (χ1v) is 11.2. The molecule has 152 valence electrons. The molecule has 3 rings (SSSR count). The maximum absolute atomic E-state index is 11.9. The number of hydrogen-bond donors (Lipinski definition) is 4. The van der Waals surface area contributed by atoms with Crippen molar-refractivity contribution in [2.75, 3.05) is 17.7 Å². The first kappa shape index (κ1) is 20.7. The van der Waals surface area contributed by atoms with Crippen LogP contribution in [0.5, 0.6) is 0 Å². The Bertz CT molecular complexity index is 1250.